The molecule has 5 heteroatoms. The predicted molar refractivity (Wildman–Crippen MR) is 88.2 cm³/mol. The van der Waals surface area contributed by atoms with E-state index in [-0.39, 0.29) is 0 Å². The van der Waals surface area contributed by atoms with Crippen LogP contribution in [0.1, 0.15) is 31.0 Å². The van der Waals surface area contributed by atoms with E-state index in [2.05, 4.69) is 39.8 Å². The van der Waals surface area contributed by atoms with E-state index in [0.717, 1.165) is 61.7 Å². The lowest BCUT2D eigenvalue weighted by Gasteiger charge is -2.20. The molecular formula is C17H24N4O. The predicted octanol–water partition coefficient (Wildman–Crippen LogP) is 2.89. The minimum Gasteiger partial charge on any atom is -0.381 e. The molecule has 0 N–H and O–H groups in total. The average Bonchev–Trinajstić information content (AvgIpc) is 2.95. The first-order valence-corrected chi connectivity index (χ1v) is 8.10. The zero-order valence-electron chi connectivity index (χ0n) is 13.7. The lowest BCUT2D eigenvalue weighted by Crippen LogP contribution is -2.23. The number of aryl methyl sites for hydroxylation is 2. The molecule has 1 fully saturated rings. The van der Waals surface area contributed by atoms with Crippen molar-refractivity contribution in [1.82, 2.24) is 15.0 Å². The van der Waals surface area contributed by atoms with Crippen molar-refractivity contribution in [3.05, 3.63) is 23.7 Å². The van der Waals surface area contributed by atoms with Gasteiger partial charge in [-0.15, -0.1) is 0 Å². The van der Waals surface area contributed by atoms with Gasteiger partial charge in [0.2, 0.25) is 0 Å². The van der Waals surface area contributed by atoms with Crippen molar-refractivity contribution in [2.45, 2.75) is 33.6 Å². The summed E-state index contributed by atoms with van der Waals surface area (Å²) in [6.45, 7) is 10.0. The van der Waals surface area contributed by atoms with Gasteiger partial charge in [-0.05, 0) is 38.3 Å². The molecule has 5 nitrogen and oxygen atoms in total. The lowest BCUT2D eigenvalue weighted by molar-refractivity contribution is 0.106. The molecule has 0 spiro atoms. The summed E-state index contributed by atoms with van der Waals surface area (Å²) in [6, 6.07) is 2.10. The summed E-state index contributed by atoms with van der Waals surface area (Å²) in [7, 11) is 0. The molecule has 2 aromatic rings. The third-order valence-electron chi connectivity index (χ3n) is 4.20. The molecule has 0 amide bonds. The van der Waals surface area contributed by atoms with Crippen LogP contribution in [0.3, 0.4) is 0 Å². The Morgan fingerprint density at radius 1 is 1.32 bits per heavy atom. The number of pyridine rings is 1. The maximum absolute atomic E-state index is 5.71. The quantitative estimate of drug-likeness (QED) is 0.795. The van der Waals surface area contributed by atoms with E-state index < -0.39 is 0 Å². The summed E-state index contributed by atoms with van der Waals surface area (Å²) in [5.41, 5.74) is 3.00. The van der Waals surface area contributed by atoms with Crippen LogP contribution in [0.4, 0.5) is 5.82 Å². The van der Waals surface area contributed by atoms with E-state index >= 15 is 0 Å². The number of hydrogen-bond acceptors (Lipinski definition) is 5. The van der Waals surface area contributed by atoms with E-state index in [1.54, 1.807) is 6.33 Å². The standard InChI is InChI=1S/C17H24N4O/c1-4-7-22-10-14-5-6-21(9-14)17-15-12(2)8-13(3)20-16(15)18-11-19-17/h8,11,14H,4-7,9-10H2,1-3H3. The molecule has 0 radical (unpaired) electrons. The van der Waals surface area contributed by atoms with Gasteiger partial charge in [0.1, 0.15) is 12.1 Å². The van der Waals surface area contributed by atoms with Crippen LogP contribution in [0.5, 0.6) is 0 Å². The van der Waals surface area contributed by atoms with Gasteiger partial charge in [-0.1, -0.05) is 6.92 Å². The highest BCUT2D eigenvalue weighted by molar-refractivity contribution is 5.90. The summed E-state index contributed by atoms with van der Waals surface area (Å²) in [4.78, 5) is 15.8. The van der Waals surface area contributed by atoms with Crippen LogP contribution in [0.25, 0.3) is 11.0 Å². The van der Waals surface area contributed by atoms with E-state index in [4.69, 9.17) is 4.74 Å². The Balaban J connectivity index is 1.82. The number of rotatable bonds is 5. The van der Waals surface area contributed by atoms with Crippen LogP contribution in [-0.2, 0) is 4.74 Å². The van der Waals surface area contributed by atoms with Crippen molar-refractivity contribution < 1.29 is 4.74 Å². The van der Waals surface area contributed by atoms with Gasteiger partial charge in [0.25, 0.3) is 0 Å². The number of nitrogens with zero attached hydrogens (tertiary/aromatic N) is 4. The second-order valence-electron chi connectivity index (χ2n) is 6.15. The topological polar surface area (TPSA) is 51.1 Å². The van der Waals surface area contributed by atoms with Crippen LogP contribution in [0, 0.1) is 19.8 Å². The first kappa shape index (κ1) is 15.2. The zero-order valence-corrected chi connectivity index (χ0v) is 13.7. The Hall–Kier alpha value is -1.75. The third kappa shape index (κ3) is 3.04. The number of fused-ring (bicyclic) bond motifs is 1. The van der Waals surface area contributed by atoms with Crippen LogP contribution >= 0.6 is 0 Å². The number of anilines is 1. The summed E-state index contributed by atoms with van der Waals surface area (Å²) in [5, 5.41) is 1.09. The minimum atomic E-state index is 0.593. The molecule has 3 heterocycles. The van der Waals surface area contributed by atoms with E-state index in [0.29, 0.717) is 5.92 Å². The van der Waals surface area contributed by atoms with E-state index in [1.165, 1.54) is 5.56 Å². The number of hydrogen-bond donors (Lipinski definition) is 0. The van der Waals surface area contributed by atoms with Gasteiger partial charge in [-0.25, -0.2) is 15.0 Å². The SMILES string of the molecule is CCCOCC1CCN(c2ncnc3nc(C)cc(C)c23)C1. The van der Waals surface area contributed by atoms with Crippen molar-refractivity contribution >= 4 is 16.9 Å². The fourth-order valence-corrected chi connectivity index (χ4v) is 3.18. The normalized spacial score (nSPS) is 18.3. The average molecular weight is 300 g/mol. The molecule has 2 aromatic heterocycles. The molecule has 1 atom stereocenters. The van der Waals surface area contributed by atoms with Crippen LogP contribution in [0.2, 0.25) is 0 Å². The molecule has 0 saturated carbocycles. The van der Waals surface area contributed by atoms with Gasteiger partial charge in [0, 0.05) is 31.3 Å². The second kappa shape index (κ2) is 6.57. The molecule has 1 unspecified atom stereocenters. The minimum absolute atomic E-state index is 0.593. The second-order valence-corrected chi connectivity index (χ2v) is 6.15. The molecule has 1 aliphatic rings. The maximum Gasteiger partial charge on any atom is 0.165 e. The first-order valence-electron chi connectivity index (χ1n) is 8.10. The van der Waals surface area contributed by atoms with Gasteiger partial charge < -0.3 is 9.64 Å². The zero-order chi connectivity index (χ0) is 15.5. The molecule has 22 heavy (non-hydrogen) atoms. The monoisotopic (exact) mass is 300 g/mol. The fraction of sp³-hybridized carbons (Fsp3) is 0.588. The van der Waals surface area contributed by atoms with Crippen molar-refractivity contribution in [3.63, 3.8) is 0 Å². The molecular weight excluding hydrogens is 276 g/mol. The van der Waals surface area contributed by atoms with Crippen LogP contribution in [-0.4, -0.2) is 41.3 Å². The van der Waals surface area contributed by atoms with Gasteiger partial charge in [-0.3, -0.25) is 0 Å². The van der Waals surface area contributed by atoms with Crippen molar-refractivity contribution in [2.24, 2.45) is 5.92 Å². The van der Waals surface area contributed by atoms with Crippen molar-refractivity contribution in [1.29, 1.82) is 0 Å². The Bertz CT molecular complexity index is 658. The Kier molecular flexibility index (Phi) is 4.52. The van der Waals surface area contributed by atoms with Gasteiger partial charge >= 0.3 is 0 Å². The molecule has 0 aliphatic carbocycles. The highest BCUT2D eigenvalue weighted by atomic mass is 16.5. The maximum atomic E-state index is 5.71. The van der Waals surface area contributed by atoms with E-state index in [9.17, 15) is 0 Å². The third-order valence-corrected chi connectivity index (χ3v) is 4.20. The van der Waals surface area contributed by atoms with E-state index in [1.807, 2.05) is 6.92 Å². The first-order chi connectivity index (χ1) is 10.7. The van der Waals surface area contributed by atoms with Gasteiger partial charge in [0.05, 0.1) is 12.0 Å². The number of aromatic nitrogens is 3. The summed E-state index contributed by atoms with van der Waals surface area (Å²) in [5.74, 6) is 1.61. The Morgan fingerprint density at radius 2 is 2.18 bits per heavy atom. The lowest BCUT2D eigenvalue weighted by atomic mass is 10.1. The summed E-state index contributed by atoms with van der Waals surface area (Å²) < 4.78 is 5.71. The molecule has 3 rings (SSSR count). The summed E-state index contributed by atoms with van der Waals surface area (Å²) >= 11 is 0. The molecule has 1 aliphatic heterocycles. The van der Waals surface area contributed by atoms with Gasteiger partial charge in [-0.2, -0.15) is 0 Å². The molecule has 1 saturated heterocycles. The Labute approximate surface area is 131 Å². The highest BCUT2D eigenvalue weighted by Gasteiger charge is 2.25. The van der Waals surface area contributed by atoms with Crippen LogP contribution < -0.4 is 4.90 Å². The molecule has 0 bridgehead atoms. The molecule has 0 aromatic carbocycles. The Morgan fingerprint density at radius 3 is 3.00 bits per heavy atom. The largest absolute Gasteiger partial charge is 0.381 e. The summed E-state index contributed by atoms with van der Waals surface area (Å²) in [6.07, 6.45) is 3.87. The van der Waals surface area contributed by atoms with Crippen molar-refractivity contribution in [3.8, 4) is 0 Å². The smallest absolute Gasteiger partial charge is 0.165 e. The fourth-order valence-electron chi connectivity index (χ4n) is 3.18. The number of ether oxygens (including phenoxy) is 1. The van der Waals surface area contributed by atoms with Gasteiger partial charge in [0.15, 0.2) is 5.65 Å². The molecule has 118 valence electrons. The highest BCUT2D eigenvalue weighted by Crippen LogP contribution is 2.29. The van der Waals surface area contributed by atoms with Crippen LogP contribution in [0.15, 0.2) is 12.4 Å². The van der Waals surface area contributed by atoms with Crippen molar-refractivity contribution in [2.75, 3.05) is 31.2 Å².